The van der Waals surface area contributed by atoms with Gasteiger partial charge in [-0.05, 0) is 85.5 Å². The fourth-order valence-corrected chi connectivity index (χ4v) is 7.51. The summed E-state index contributed by atoms with van der Waals surface area (Å²) in [5.41, 5.74) is 4.61. The lowest BCUT2D eigenvalue weighted by molar-refractivity contribution is -0.131. The van der Waals surface area contributed by atoms with Gasteiger partial charge in [-0.1, -0.05) is 18.2 Å². The molecule has 2 aliphatic carbocycles. The number of imidazole rings is 1. The highest BCUT2D eigenvalue weighted by atomic mass is 19.1. The number of rotatable bonds is 8. The van der Waals surface area contributed by atoms with E-state index in [9.17, 15) is 19.1 Å². The van der Waals surface area contributed by atoms with Gasteiger partial charge in [0.2, 0.25) is 5.91 Å². The summed E-state index contributed by atoms with van der Waals surface area (Å²) in [6.45, 7) is 3.42. The quantitative estimate of drug-likeness (QED) is 0.254. The Balaban J connectivity index is 1.08. The van der Waals surface area contributed by atoms with E-state index in [1.807, 2.05) is 30.8 Å². The van der Waals surface area contributed by atoms with Gasteiger partial charge in [0.15, 0.2) is 5.67 Å². The lowest BCUT2D eigenvalue weighted by atomic mass is 9.90. The van der Waals surface area contributed by atoms with Crippen molar-refractivity contribution in [2.45, 2.75) is 68.8 Å². The molecule has 8 rings (SSSR count). The van der Waals surface area contributed by atoms with Crippen LogP contribution in [0, 0.1) is 6.92 Å². The number of alkyl halides is 1. The predicted octanol–water partition coefficient (Wildman–Crippen LogP) is 4.80. The topological polar surface area (TPSA) is 122 Å². The van der Waals surface area contributed by atoms with Crippen LogP contribution in [0.25, 0.3) is 22.4 Å². The van der Waals surface area contributed by atoms with Gasteiger partial charge >= 0.3 is 0 Å². The van der Waals surface area contributed by atoms with Crippen LogP contribution in [-0.4, -0.2) is 68.5 Å². The monoisotopic (exact) mass is 636 g/mol. The molecule has 4 atom stereocenters. The zero-order valence-electron chi connectivity index (χ0n) is 26.4. The highest BCUT2D eigenvalue weighted by molar-refractivity contribution is 6.00. The van der Waals surface area contributed by atoms with Gasteiger partial charge in [-0.25, -0.2) is 14.4 Å². The van der Waals surface area contributed by atoms with E-state index < -0.39 is 23.5 Å². The van der Waals surface area contributed by atoms with Crippen molar-refractivity contribution in [3.05, 3.63) is 77.9 Å². The third kappa shape index (κ3) is 5.32. The molecule has 1 saturated carbocycles. The van der Waals surface area contributed by atoms with Crippen LogP contribution in [0.3, 0.4) is 0 Å². The summed E-state index contributed by atoms with van der Waals surface area (Å²) >= 11 is 0. The van der Waals surface area contributed by atoms with Crippen molar-refractivity contribution in [2.24, 2.45) is 7.05 Å². The van der Waals surface area contributed by atoms with Crippen molar-refractivity contribution in [1.82, 2.24) is 19.9 Å². The van der Waals surface area contributed by atoms with Crippen molar-refractivity contribution in [3.63, 3.8) is 0 Å². The summed E-state index contributed by atoms with van der Waals surface area (Å²) in [6.07, 6.45) is 6.44. The number of hydrogen-bond acceptors (Lipinski definition) is 7. The number of carbonyl (C=O) groups is 2. The number of pyridine rings is 1. The van der Waals surface area contributed by atoms with E-state index in [0.29, 0.717) is 23.7 Å². The Bertz CT molecular complexity index is 1880. The standard InChI is InChI=1S/C36H37FN6O4/c1-20-33(42(2)19-39-20)28-8-6-24(15-30(28)44)40-34(45)32(41-35(46)36(37)10-11-36)27-7-5-21-3-4-22(13-29(21)27)23-9-12-38-31(14-23)43-17-26-16-25(43)18-47-26/h3-4,6,8-9,12-15,19,25-27,32,44H,5,7,10-11,16-18H2,1-2H3,(H,40,45)(H,41,46)/t25-,26-,27+,32-/m0/s1. The van der Waals surface area contributed by atoms with Crippen LogP contribution in [0.2, 0.25) is 0 Å². The Morgan fingerprint density at radius 1 is 1.11 bits per heavy atom. The molecule has 10 nitrogen and oxygen atoms in total. The molecule has 0 spiro atoms. The zero-order chi connectivity index (χ0) is 32.4. The summed E-state index contributed by atoms with van der Waals surface area (Å²) in [7, 11) is 1.85. The van der Waals surface area contributed by atoms with E-state index >= 15 is 0 Å². The lowest BCUT2D eigenvalue weighted by Crippen LogP contribution is -2.50. The van der Waals surface area contributed by atoms with Crippen molar-refractivity contribution < 1.29 is 23.8 Å². The number of phenolic OH excluding ortho intramolecular Hbond substituents is 1. The number of amides is 2. The second kappa shape index (κ2) is 11.2. The largest absolute Gasteiger partial charge is 0.507 e. The molecule has 3 N–H and O–H groups in total. The normalized spacial score (nSPS) is 22.6. The average molecular weight is 637 g/mol. The smallest absolute Gasteiger partial charge is 0.258 e. The van der Waals surface area contributed by atoms with Crippen molar-refractivity contribution in [2.75, 3.05) is 23.4 Å². The summed E-state index contributed by atoms with van der Waals surface area (Å²) in [6, 6.07) is 14.6. The summed E-state index contributed by atoms with van der Waals surface area (Å²) in [5.74, 6) is -0.681. The molecule has 4 heterocycles. The second-order valence-corrected chi connectivity index (χ2v) is 13.4. The Morgan fingerprint density at radius 3 is 2.64 bits per heavy atom. The van der Waals surface area contributed by atoms with Crippen LogP contribution >= 0.6 is 0 Å². The molecule has 2 bridgehead atoms. The molecular weight excluding hydrogens is 599 g/mol. The number of anilines is 2. The first-order valence-corrected chi connectivity index (χ1v) is 16.3. The molecule has 4 aromatic rings. The van der Waals surface area contributed by atoms with Crippen molar-refractivity contribution in [1.29, 1.82) is 0 Å². The molecule has 2 saturated heterocycles. The van der Waals surface area contributed by atoms with Crippen LogP contribution in [-0.2, 0) is 27.8 Å². The molecule has 242 valence electrons. The van der Waals surface area contributed by atoms with Crippen LogP contribution in [0.15, 0.2) is 61.1 Å². The minimum absolute atomic E-state index is 0.0161. The molecule has 0 radical (unpaired) electrons. The summed E-state index contributed by atoms with van der Waals surface area (Å²) < 4.78 is 22.5. The number of carbonyl (C=O) groups excluding carboxylic acids is 2. The number of nitrogens with zero attached hydrogens (tertiary/aromatic N) is 4. The zero-order valence-corrected chi connectivity index (χ0v) is 26.4. The number of aromatic hydroxyl groups is 1. The maximum atomic E-state index is 14.9. The summed E-state index contributed by atoms with van der Waals surface area (Å²) in [4.78, 5) is 38.3. The Hall–Kier alpha value is -4.77. The van der Waals surface area contributed by atoms with E-state index in [-0.39, 0.29) is 30.6 Å². The van der Waals surface area contributed by atoms with Gasteiger partial charge in [0.25, 0.3) is 5.91 Å². The van der Waals surface area contributed by atoms with Crippen molar-refractivity contribution in [3.8, 4) is 28.1 Å². The molecule has 11 heteroatoms. The number of ether oxygens (including phenoxy) is 1. The fourth-order valence-electron chi connectivity index (χ4n) is 7.51. The van der Waals surface area contributed by atoms with Gasteiger partial charge in [-0.2, -0.15) is 0 Å². The van der Waals surface area contributed by atoms with E-state index in [2.05, 4.69) is 49.8 Å². The number of hydrogen-bond donors (Lipinski definition) is 3. The van der Waals surface area contributed by atoms with E-state index in [1.54, 1.807) is 18.5 Å². The molecule has 0 unspecified atom stereocenters. The molecule has 2 aliphatic heterocycles. The number of fused-ring (bicyclic) bond motifs is 3. The Labute approximate surface area is 272 Å². The SMILES string of the molecule is Cc1ncn(C)c1-c1ccc(NC(=O)[C@@H](NC(=O)C2(F)CC2)[C@@H]2CCc3ccc(-c4ccnc(N5C[C@@H]6C[C@H]5CO6)c4)cc32)cc1O. The van der Waals surface area contributed by atoms with Gasteiger partial charge in [0.1, 0.15) is 17.6 Å². The maximum absolute atomic E-state index is 14.9. The van der Waals surface area contributed by atoms with Crippen LogP contribution < -0.4 is 15.5 Å². The van der Waals surface area contributed by atoms with Crippen LogP contribution in [0.1, 0.15) is 48.4 Å². The molecule has 3 fully saturated rings. The highest BCUT2D eigenvalue weighted by Gasteiger charge is 2.52. The molecule has 2 amide bonds. The summed E-state index contributed by atoms with van der Waals surface area (Å²) in [5, 5.41) is 16.6. The maximum Gasteiger partial charge on any atom is 0.258 e. The van der Waals surface area contributed by atoms with E-state index in [4.69, 9.17) is 4.74 Å². The number of aryl methyl sites for hydroxylation is 3. The molecule has 2 aromatic carbocycles. The Kier molecular flexibility index (Phi) is 7.05. The van der Waals surface area contributed by atoms with Gasteiger partial charge in [-0.3, -0.25) is 9.59 Å². The fraction of sp³-hybridized carbons (Fsp3) is 0.389. The van der Waals surface area contributed by atoms with Gasteiger partial charge < -0.3 is 29.9 Å². The average Bonchev–Trinajstić information content (AvgIpc) is 3.46. The van der Waals surface area contributed by atoms with E-state index in [0.717, 1.165) is 65.5 Å². The van der Waals surface area contributed by atoms with Gasteiger partial charge in [0, 0.05) is 43.0 Å². The van der Waals surface area contributed by atoms with E-state index in [1.165, 1.54) is 6.07 Å². The van der Waals surface area contributed by atoms with Crippen molar-refractivity contribution >= 4 is 23.3 Å². The predicted molar refractivity (Wildman–Crippen MR) is 175 cm³/mol. The number of nitrogens with one attached hydrogen (secondary N) is 2. The molecule has 47 heavy (non-hydrogen) atoms. The van der Waals surface area contributed by atoms with Crippen LogP contribution in [0.5, 0.6) is 5.75 Å². The van der Waals surface area contributed by atoms with Gasteiger partial charge in [0.05, 0.1) is 36.5 Å². The number of aromatic nitrogens is 3. The second-order valence-electron chi connectivity index (χ2n) is 13.4. The number of halogens is 1. The minimum Gasteiger partial charge on any atom is -0.507 e. The van der Waals surface area contributed by atoms with Crippen LogP contribution in [0.4, 0.5) is 15.9 Å². The van der Waals surface area contributed by atoms with Gasteiger partial charge in [-0.15, -0.1) is 0 Å². The first-order chi connectivity index (χ1) is 22.7. The third-order valence-electron chi connectivity index (χ3n) is 10.3. The lowest BCUT2D eigenvalue weighted by Gasteiger charge is -2.28. The number of phenols is 1. The third-order valence-corrected chi connectivity index (χ3v) is 10.3. The first-order valence-electron chi connectivity index (χ1n) is 16.3. The Morgan fingerprint density at radius 2 is 1.94 bits per heavy atom. The molecule has 2 aromatic heterocycles. The number of benzene rings is 2. The highest BCUT2D eigenvalue weighted by Crippen LogP contribution is 2.43. The molecule has 4 aliphatic rings. The first kappa shape index (κ1) is 29.6. The number of morpholine rings is 1. The molecular formula is C36H37FN6O4. The minimum atomic E-state index is -1.93.